The zero-order valence-corrected chi connectivity index (χ0v) is 16.8. The van der Waals surface area contributed by atoms with Gasteiger partial charge in [-0.25, -0.2) is 19.2 Å². The van der Waals surface area contributed by atoms with E-state index >= 15 is 0 Å². The quantitative estimate of drug-likeness (QED) is 0.290. The van der Waals surface area contributed by atoms with Crippen molar-refractivity contribution in [2.45, 2.75) is 6.92 Å². The number of benzene rings is 1. The van der Waals surface area contributed by atoms with Gasteiger partial charge in [0.1, 0.15) is 31.8 Å². The number of aryl methyl sites for hydroxylation is 1. The number of hydrogen-bond donors (Lipinski definition) is 0. The van der Waals surface area contributed by atoms with Gasteiger partial charge < -0.3 is 18.9 Å². The van der Waals surface area contributed by atoms with Crippen LogP contribution in [0.5, 0.6) is 0 Å². The average Bonchev–Trinajstić information content (AvgIpc) is 2.77. The molecule has 0 bridgehead atoms. The zero-order chi connectivity index (χ0) is 22.6. The number of hydrogen-bond acceptors (Lipinski definition) is 8. The van der Waals surface area contributed by atoms with Crippen molar-refractivity contribution in [3.63, 3.8) is 0 Å². The number of carbonyl (C=O) groups is 4. The van der Waals surface area contributed by atoms with Crippen molar-refractivity contribution >= 4 is 23.9 Å². The van der Waals surface area contributed by atoms with E-state index in [-0.39, 0.29) is 26.4 Å². The highest BCUT2D eigenvalue weighted by Gasteiger charge is 2.37. The fraction of sp³-hybridized carbons (Fsp3) is 0.273. The number of ether oxygens (including phenoxy) is 4. The summed E-state index contributed by atoms with van der Waals surface area (Å²) < 4.78 is 20.6. The molecule has 1 aromatic carbocycles. The first kappa shape index (κ1) is 24.4. The van der Waals surface area contributed by atoms with Gasteiger partial charge in [-0.05, 0) is 18.6 Å². The zero-order valence-electron chi connectivity index (χ0n) is 16.8. The van der Waals surface area contributed by atoms with Crippen molar-refractivity contribution in [1.29, 1.82) is 0 Å². The first-order chi connectivity index (χ1) is 14.3. The second-order valence-electron chi connectivity index (χ2n) is 6.33. The van der Waals surface area contributed by atoms with Crippen LogP contribution in [0.1, 0.15) is 15.9 Å². The molecule has 0 aliphatic heterocycles. The molecule has 0 aromatic heterocycles. The lowest BCUT2D eigenvalue weighted by molar-refractivity contribution is -0.159. The van der Waals surface area contributed by atoms with Gasteiger partial charge in [-0.1, -0.05) is 37.9 Å². The summed E-state index contributed by atoms with van der Waals surface area (Å²) in [4.78, 5) is 47.2. The van der Waals surface area contributed by atoms with Gasteiger partial charge in [0.15, 0.2) is 0 Å². The van der Waals surface area contributed by atoms with E-state index in [1.165, 1.54) is 0 Å². The molecule has 0 N–H and O–H groups in total. The summed E-state index contributed by atoms with van der Waals surface area (Å²) in [5, 5.41) is 0. The van der Waals surface area contributed by atoms with Gasteiger partial charge in [0.2, 0.25) is 0 Å². The van der Waals surface area contributed by atoms with Gasteiger partial charge in [0, 0.05) is 18.2 Å². The third kappa shape index (κ3) is 7.75. The predicted octanol–water partition coefficient (Wildman–Crippen LogP) is 2.33. The van der Waals surface area contributed by atoms with Gasteiger partial charge in [0.25, 0.3) is 0 Å². The molecular weight excluding hydrogens is 392 g/mol. The summed E-state index contributed by atoms with van der Waals surface area (Å²) in [5.41, 5.74) is -0.336. The molecule has 0 unspecified atom stereocenters. The third-order valence-electron chi connectivity index (χ3n) is 3.94. The van der Waals surface area contributed by atoms with E-state index in [1.54, 1.807) is 31.2 Å². The molecule has 0 fully saturated rings. The Bertz CT molecular complexity index is 764. The second kappa shape index (κ2) is 12.0. The summed E-state index contributed by atoms with van der Waals surface area (Å²) in [5.74, 6) is -2.91. The van der Waals surface area contributed by atoms with Crippen LogP contribution in [0.15, 0.2) is 62.2 Å². The molecule has 0 aliphatic rings. The largest absolute Gasteiger partial charge is 0.462 e. The Kier molecular flexibility index (Phi) is 9.75. The Morgan fingerprint density at radius 1 is 0.767 bits per heavy atom. The Morgan fingerprint density at radius 2 is 1.17 bits per heavy atom. The maximum absolute atomic E-state index is 12.5. The molecule has 8 heteroatoms. The molecule has 0 heterocycles. The maximum atomic E-state index is 12.5. The Morgan fingerprint density at radius 3 is 1.57 bits per heavy atom. The van der Waals surface area contributed by atoms with Gasteiger partial charge >= 0.3 is 23.9 Å². The molecule has 0 spiro atoms. The van der Waals surface area contributed by atoms with Crippen LogP contribution in [0.4, 0.5) is 0 Å². The molecule has 1 rings (SSSR count). The van der Waals surface area contributed by atoms with E-state index in [1.807, 2.05) is 0 Å². The average molecular weight is 416 g/mol. The molecule has 160 valence electrons. The van der Waals surface area contributed by atoms with Gasteiger partial charge in [-0.2, -0.15) is 0 Å². The van der Waals surface area contributed by atoms with E-state index in [2.05, 4.69) is 19.7 Å². The van der Waals surface area contributed by atoms with Crippen LogP contribution in [-0.2, 0) is 33.3 Å². The molecule has 1 aromatic rings. The van der Waals surface area contributed by atoms with Crippen LogP contribution in [0.25, 0.3) is 0 Å². The van der Waals surface area contributed by atoms with Crippen molar-refractivity contribution in [1.82, 2.24) is 0 Å². The minimum Gasteiger partial charge on any atom is -0.462 e. The van der Waals surface area contributed by atoms with E-state index in [9.17, 15) is 19.2 Å². The molecule has 8 nitrogen and oxygen atoms in total. The predicted molar refractivity (Wildman–Crippen MR) is 107 cm³/mol. The van der Waals surface area contributed by atoms with Crippen LogP contribution in [-0.4, -0.2) is 50.3 Å². The van der Waals surface area contributed by atoms with E-state index in [4.69, 9.17) is 18.9 Å². The van der Waals surface area contributed by atoms with Gasteiger partial charge in [-0.15, -0.1) is 0 Å². The molecule has 0 radical (unpaired) electrons. The van der Waals surface area contributed by atoms with Gasteiger partial charge in [-0.3, -0.25) is 0 Å². The maximum Gasteiger partial charge on any atom is 0.338 e. The van der Waals surface area contributed by atoms with Crippen LogP contribution in [0.3, 0.4) is 0 Å². The third-order valence-corrected chi connectivity index (χ3v) is 3.94. The number of esters is 4. The SMILES string of the molecule is C=CC(=O)OCC(COC(=O)C=C)(COC(=O)C=C)COC(=O)c1ccccc1C. The summed E-state index contributed by atoms with van der Waals surface area (Å²) in [6, 6.07) is 6.79. The molecule has 0 aliphatic carbocycles. The van der Waals surface area contributed by atoms with Crippen LogP contribution >= 0.6 is 0 Å². The molecular formula is C22H24O8. The van der Waals surface area contributed by atoms with Crippen LogP contribution in [0.2, 0.25) is 0 Å². The Hall–Kier alpha value is -3.68. The molecule has 0 amide bonds. The highest BCUT2D eigenvalue weighted by Crippen LogP contribution is 2.22. The smallest absolute Gasteiger partial charge is 0.338 e. The Labute approximate surface area is 174 Å². The Balaban J connectivity index is 3.09. The number of carbonyl (C=O) groups excluding carboxylic acids is 4. The lowest BCUT2D eigenvalue weighted by Gasteiger charge is -2.31. The van der Waals surface area contributed by atoms with E-state index in [0.717, 1.165) is 18.2 Å². The number of rotatable bonds is 12. The fourth-order valence-corrected chi connectivity index (χ4v) is 2.20. The first-order valence-electron chi connectivity index (χ1n) is 8.87. The normalized spacial score (nSPS) is 10.3. The van der Waals surface area contributed by atoms with Crippen molar-refractivity contribution < 1.29 is 38.1 Å². The summed E-state index contributed by atoms with van der Waals surface area (Å²) >= 11 is 0. The van der Waals surface area contributed by atoms with Crippen LogP contribution < -0.4 is 0 Å². The molecule has 30 heavy (non-hydrogen) atoms. The fourth-order valence-electron chi connectivity index (χ4n) is 2.20. The van der Waals surface area contributed by atoms with Crippen LogP contribution in [0, 0.1) is 12.3 Å². The van der Waals surface area contributed by atoms with Gasteiger partial charge in [0.05, 0.1) is 5.56 Å². The molecule has 0 atom stereocenters. The minimum absolute atomic E-state index is 0.334. The summed E-state index contributed by atoms with van der Waals surface area (Å²) in [7, 11) is 0. The van der Waals surface area contributed by atoms with Crippen molar-refractivity contribution in [2.24, 2.45) is 5.41 Å². The van der Waals surface area contributed by atoms with E-state index < -0.39 is 29.3 Å². The topological polar surface area (TPSA) is 105 Å². The van der Waals surface area contributed by atoms with Crippen molar-refractivity contribution in [2.75, 3.05) is 26.4 Å². The lowest BCUT2D eigenvalue weighted by Crippen LogP contribution is -2.43. The summed E-state index contributed by atoms with van der Waals surface area (Å²) in [6.07, 6.45) is 2.82. The molecule has 0 saturated carbocycles. The minimum atomic E-state index is -1.37. The summed E-state index contributed by atoms with van der Waals surface area (Å²) in [6.45, 7) is 10.1. The standard InChI is InChI=1S/C22H24O8/c1-5-18(23)27-12-22(13-28-19(24)6-2,14-29-20(25)7-3)15-30-21(26)17-11-9-8-10-16(17)4/h5-11H,1-3,12-15H2,4H3. The lowest BCUT2D eigenvalue weighted by atomic mass is 9.92. The molecule has 0 saturated heterocycles. The van der Waals surface area contributed by atoms with E-state index in [0.29, 0.717) is 11.1 Å². The van der Waals surface area contributed by atoms with Crippen molar-refractivity contribution in [3.05, 3.63) is 73.4 Å². The highest BCUT2D eigenvalue weighted by molar-refractivity contribution is 5.91. The van der Waals surface area contributed by atoms with Crippen molar-refractivity contribution in [3.8, 4) is 0 Å². The highest BCUT2D eigenvalue weighted by atomic mass is 16.6. The second-order valence-corrected chi connectivity index (χ2v) is 6.33. The first-order valence-corrected chi connectivity index (χ1v) is 8.87. The monoisotopic (exact) mass is 416 g/mol.